The highest BCUT2D eigenvalue weighted by molar-refractivity contribution is 7.99. The Hall–Kier alpha value is -2.54. The standard InChI is InChI=1S/C23H25F2N3OS/c1-4-28-14-16(15(2)26-28)13-27-10-9-22(19-7-5-17(24)11-20(19)25)30-23-12-18(29-3)6-8-21(23)27/h5-8,11-12,14,22H,4,9-10,13H2,1-3H3. The van der Waals surface area contributed by atoms with Gasteiger partial charge in [0.2, 0.25) is 0 Å². The molecule has 2 heterocycles. The molecule has 4 rings (SSSR count). The number of fused-ring (bicyclic) bond motifs is 1. The number of methoxy groups -OCH3 is 1. The first-order valence-electron chi connectivity index (χ1n) is 10.1. The minimum absolute atomic E-state index is 0.110. The number of halogens is 2. The summed E-state index contributed by atoms with van der Waals surface area (Å²) in [6.45, 7) is 6.41. The SMILES string of the molecule is CCn1cc(CN2CCC(c3ccc(F)cc3F)Sc3cc(OC)ccc32)c(C)n1. The predicted octanol–water partition coefficient (Wildman–Crippen LogP) is 5.74. The van der Waals surface area contributed by atoms with Gasteiger partial charge >= 0.3 is 0 Å². The molecular weight excluding hydrogens is 404 g/mol. The molecular formula is C23H25F2N3OS. The van der Waals surface area contributed by atoms with Gasteiger partial charge in [0.05, 0.1) is 18.5 Å². The maximum absolute atomic E-state index is 14.5. The van der Waals surface area contributed by atoms with Crippen molar-refractivity contribution in [1.82, 2.24) is 9.78 Å². The van der Waals surface area contributed by atoms with Gasteiger partial charge in [-0.25, -0.2) is 8.78 Å². The van der Waals surface area contributed by atoms with E-state index in [1.54, 1.807) is 24.9 Å². The summed E-state index contributed by atoms with van der Waals surface area (Å²) < 4.78 is 35.3. The van der Waals surface area contributed by atoms with Crippen molar-refractivity contribution in [2.45, 2.75) is 43.5 Å². The molecule has 7 heteroatoms. The van der Waals surface area contributed by atoms with E-state index in [0.29, 0.717) is 5.56 Å². The number of aromatic nitrogens is 2. The van der Waals surface area contributed by atoms with Crippen LogP contribution in [0.3, 0.4) is 0 Å². The van der Waals surface area contributed by atoms with E-state index >= 15 is 0 Å². The third-order valence-corrected chi connectivity index (χ3v) is 6.84. The minimum Gasteiger partial charge on any atom is -0.497 e. The Labute approximate surface area is 179 Å². The third kappa shape index (κ3) is 4.17. The van der Waals surface area contributed by atoms with E-state index < -0.39 is 11.6 Å². The van der Waals surface area contributed by atoms with Crippen LogP contribution in [0.2, 0.25) is 0 Å². The Morgan fingerprint density at radius 3 is 2.73 bits per heavy atom. The molecule has 0 saturated heterocycles. The van der Waals surface area contributed by atoms with Crippen LogP contribution in [0.25, 0.3) is 0 Å². The number of thioether (sulfide) groups is 1. The second-order valence-electron chi connectivity index (χ2n) is 7.41. The average molecular weight is 430 g/mol. The first-order valence-corrected chi connectivity index (χ1v) is 10.9. The van der Waals surface area contributed by atoms with E-state index in [0.717, 1.165) is 54.1 Å². The summed E-state index contributed by atoms with van der Waals surface area (Å²) in [6.07, 6.45) is 2.83. The second-order valence-corrected chi connectivity index (χ2v) is 8.66. The lowest BCUT2D eigenvalue weighted by molar-refractivity contribution is 0.413. The molecule has 3 aromatic rings. The number of ether oxygens (including phenoxy) is 1. The van der Waals surface area contributed by atoms with Crippen molar-refractivity contribution < 1.29 is 13.5 Å². The lowest BCUT2D eigenvalue weighted by Gasteiger charge is -2.24. The van der Waals surface area contributed by atoms with Crippen LogP contribution in [0, 0.1) is 18.6 Å². The molecule has 1 aromatic heterocycles. The summed E-state index contributed by atoms with van der Waals surface area (Å²) in [4.78, 5) is 3.34. The summed E-state index contributed by atoms with van der Waals surface area (Å²) in [5.74, 6) is -0.288. The summed E-state index contributed by atoms with van der Waals surface area (Å²) >= 11 is 1.60. The number of hydrogen-bond acceptors (Lipinski definition) is 4. The smallest absolute Gasteiger partial charge is 0.130 e. The molecule has 1 aliphatic heterocycles. The van der Waals surface area contributed by atoms with Gasteiger partial charge in [0.1, 0.15) is 17.4 Å². The van der Waals surface area contributed by atoms with Gasteiger partial charge in [0.15, 0.2) is 0 Å². The zero-order chi connectivity index (χ0) is 21.3. The van der Waals surface area contributed by atoms with Gasteiger partial charge in [0.25, 0.3) is 0 Å². The minimum atomic E-state index is -0.554. The number of benzene rings is 2. The fourth-order valence-corrected chi connectivity index (χ4v) is 5.16. The maximum Gasteiger partial charge on any atom is 0.130 e. The van der Waals surface area contributed by atoms with Gasteiger partial charge in [-0.2, -0.15) is 5.10 Å². The van der Waals surface area contributed by atoms with Crippen molar-refractivity contribution in [2.24, 2.45) is 0 Å². The van der Waals surface area contributed by atoms with E-state index in [-0.39, 0.29) is 5.25 Å². The van der Waals surface area contributed by atoms with Crippen LogP contribution in [0.5, 0.6) is 5.75 Å². The van der Waals surface area contributed by atoms with Crippen LogP contribution in [0.4, 0.5) is 14.5 Å². The Kier molecular flexibility index (Phi) is 5.99. The van der Waals surface area contributed by atoms with Crippen LogP contribution < -0.4 is 9.64 Å². The molecule has 0 aliphatic carbocycles. The maximum atomic E-state index is 14.5. The first kappa shape index (κ1) is 20.7. The number of aryl methyl sites for hydroxylation is 2. The van der Waals surface area contributed by atoms with Crippen molar-refractivity contribution >= 4 is 17.4 Å². The topological polar surface area (TPSA) is 30.3 Å². The quantitative estimate of drug-likeness (QED) is 0.517. The van der Waals surface area contributed by atoms with Crippen LogP contribution in [0.15, 0.2) is 47.5 Å². The molecule has 0 radical (unpaired) electrons. The summed E-state index contributed by atoms with van der Waals surface area (Å²) in [7, 11) is 1.64. The molecule has 0 fully saturated rings. The first-order chi connectivity index (χ1) is 14.5. The summed E-state index contributed by atoms with van der Waals surface area (Å²) in [5.41, 5.74) is 3.82. The highest BCUT2D eigenvalue weighted by Crippen LogP contribution is 2.47. The average Bonchev–Trinajstić information content (AvgIpc) is 2.99. The van der Waals surface area contributed by atoms with E-state index in [9.17, 15) is 8.78 Å². The van der Waals surface area contributed by atoms with Crippen molar-refractivity contribution in [1.29, 1.82) is 0 Å². The molecule has 1 atom stereocenters. The van der Waals surface area contributed by atoms with Gasteiger partial charge < -0.3 is 9.64 Å². The molecule has 0 amide bonds. The van der Waals surface area contributed by atoms with Crippen LogP contribution in [0.1, 0.15) is 35.4 Å². The predicted molar refractivity (Wildman–Crippen MR) is 116 cm³/mol. The van der Waals surface area contributed by atoms with E-state index in [1.807, 2.05) is 23.7 Å². The zero-order valence-electron chi connectivity index (χ0n) is 17.4. The number of nitrogens with zero attached hydrogens (tertiary/aromatic N) is 3. The summed E-state index contributed by atoms with van der Waals surface area (Å²) in [5, 5.41) is 4.45. The summed E-state index contributed by atoms with van der Waals surface area (Å²) in [6, 6.07) is 9.87. The van der Waals surface area contributed by atoms with Crippen molar-refractivity contribution in [3.05, 3.63) is 71.1 Å². The molecule has 4 nitrogen and oxygen atoms in total. The molecule has 0 spiro atoms. The van der Waals surface area contributed by atoms with Crippen molar-refractivity contribution in [2.75, 3.05) is 18.6 Å². The molecule has 0 N–H and O–H groups in total. The van der Waals surface area contributed by atoms with E-state index in [2.05, 4.69) is 29.2 Å². The Balaban J connectivity index is 1.69. The second kappa shape index (κ2) is 8.68. The Morgan fingerprint density at radius 1 is 1.20 bits per heavy atom. The molecule has 158 valence electrons. The molecule has 0 bridgehead atoms. The van der Waals surface area contributed by atoms with Crippen molar-refractivity contribution in [3.63, 3.8) is 0 Å². The van der Waals surface area contributed by atoms with Crippen LogP contribution in [-0.2, 0) is 13.1 Å². The van der Waals surface area contributed by atoms with Gasteiger partial charge in [-0.3, -0.25) is 4.68 Å². The fraction of sp³-hybridized carbons (Fsp3) is 0.348. The van der Waals surface area contributed by atoms with Crippen molar-refractivity contribution in [3.8, 4) is 5.75 Å². The lowest BCUT2D eigenvalue weighted by Crippen LogP contribution is -2.24. The van der Waals surface area contributed by atoms with E-state index in [4.69, 9.17) is 4.74 Å². The number of hydrogen-bond donors (Lipinski definition) is 0. The number of rotatable bonds is 5. The zero-order valence-corrected chi connectivity index (χ0v) is 18.2. The van der Waals surface area contributed by atoms with Crippen LogP contribution >= 0.6 is 11.8 Å². The van der Waals surface area contributed by atoms with Gasteiger partial charge in [-0.15, -0.1) is 11.8 Å². The van der Waals surface area contributed by atoms with Gasteiger partial charge in [-0.1, -0.05) is 6.07 Å². The normalized spacial score (nSPS) is 16.3. The van der Waals surface area contributed by atoms with Gasteiger partial charge in [-0.05, 0) is 44.5 Å². The highest BCUT2D eigenvalue weighted by Gasteiger charge is 2.26. The molecule has 0 saturated carbocycles. The molecule has 30 heavy (non-hydrogen) atoms. The monoisotopic (exact) mass is 429 g/mol. The molecule has 1 unspecified atom stereocenters. The van der Waals surface area contributed by atoms with Gasteiger partial charge in [0, 0.05) is 53.2 Å². The third-order valence-electron chi connectivity index (χ3n) is 5.48. The fourth-order valence-electron chi connectivity index (χ4n) is 3.81. The molecule has 1 aliphatic rings. The lowest BCUT2D eigenvalue weighted by atomic mass is 10.1. The Morgan fingerprint density at radius 2 is 2.03 bits per heavy atom. The highest BCUT2D eigenvalue weighted by atomic mass is 32.2. The van der Waals surface area contributed by atoms with E-state index in [1.165, 1.54) is 11.6 Å². The largest absolute Gasteiger partial charge is 0.497 e. The Bertz CT molecular complexity index is 1050. The molecule has 2 aromatic carbocycles. The van der Waals surface area contributed by atoms with Crippen LogP contribution in [-0.4, -0.2) is 23.4 Å². The number of anilines is 1.